The molecule has 4 aromatic heterocycles. The molecule has 0 radical (unpaired) electrons. The summed E-state index contributed by atoms with van der Waals surface area (Å²) < 4.78 is 4.43. The molecule has 0 spiro atoms. The number of pyridine rings is 2. The Bertz CT molecular complexity index is 1440. The Kier molecular flexibility index (Phi) is 8.75. The minimum Gasteiger partial charge on any atom is -0.325 e. The topological polar surface area (TPSA) is 35.6 Å². The summed E-state index contributed by atoms with van der Waals surface area (Å²) in [5, 5.41) is 2.33. The van der Waals surface area contributed by atoms with E-state index in [1.54, 1.807) is 0 Å². The second-order valence-electron chi connectivity index (χ2n) is 9.09. The van der Waals surface area contributed by atoms with Crippen molar-refractivity contribution in [1.82, 2.24) is 19.1 Å². The van der Waals surface area contributed by atoms with Crippen LogP contribution in [0.25, 0.3) is 22.1 Å². The Morgan fingerprint density at radius 3 is 1.34 bits per heavy atom. The molecule has 6 heteroatoms. The number of nitrogens with zero attached hydrogens (tertiary/aromatic N) is 4. The molecule has 4 heterocycles. The highest BCUT2D eigenvalue weighted by Gasteiger charge is 2.16. The maximum absolute atomic E-state index is 5.98. The van der Waals surface area contributed by atoms with Gasteiger partial charge in [0.25, 0.3) is 0 Å². The van der Waals surface area contributed by atoms with Gasteiger partial charge in [-0.2, -0.15) is 0 Å². The van der Waals surface area contributed by atoms with Gasteiger partial charge in [-0.3, -0.25) is 0 Å². The number of aromatic nitrogens is 4. The molecule has 38 heavy (non-hydrogen) atoms. The first-order chi connectivity index (χ1) is 18.8. The second-order valence-corrected chi connectivity index (χ2v) is 9.84. The van der Waals surface area contributed by atoms with Crippen LogP contribution >= 0.6 is 23.2 Å². The van der Waals surface area contributed by atoms with Crippen LogP contribution in [-0.2, 0) is 0 Å². The number of hydrogen-bond acceptors (Lipinski definition) is 2. The third-order valence-corrected chi connectivity index (χ3v) is 7.19. The van der Waals surface area contributed by atoms with E-state index in [1.807, 2.05) is 36.7 Å². The molecule has 192 valence electrons. The highest BCUT2D eigenvalue weighted by Crippen LogP contribution is 2.28. The average molecular weight is 542 g/mol. The van der Waals surface area contributed by atoms with E-state index in [1.165, 1.54) is 11.1 Å². The van der Waals surface area contributed by atoms with Crippen molar-refractivity contribution in [2.45, 2.75) is 24.9 Å². The predicted octanol–water partition coefficient (Wildman–Crippen LogP) is 8.51. The van der Waals surface area contributed by atoms with E-state index in [0.717, 1.165) is 34.9 Å². The molecule has 0 aliphatic rings. The third-order valence-electron chi connectivity index (χ3n) is 6.76. The van der Waals surface area contributed by atoms with E-state index < -0.39 is 0 Å². The summed E-state index contributed by atoms with van der Waals surface area (Å²) in [5.74, 6) is 1.26. The third kappa shape index (κ3) is 5.77. The van der Waals surface area contributed by atoms with Gasteiger partial charge in [-0.05, 0) is 60.4 Å². The normalized spacial score (nSPS) is 12.7. The summed E-state index contributed by atoms with van der Waals surface area (Å²) in [5.41, 5.74) is 4.57. The molecule has 2 atom stereocenters. The fourth-order valence-electron chi connectivity index (χ4n) is 4.97. The van der Waals surface area contributed by atoms with Gasteiger partial charge in [-0.15, -0.1) is 23.2 Å². The second kappa shape index (κ2) is 12.8. The summed E-state index contributed by atoms with van der Waals surface area (Å²) in [4.78, 5) is 8.98. The number of benzene rings is 2. The Labute approximate surface area is 233 Å². The Balaban J connectivity index is 0.000000155. The number of fused-ring (bicyclic) bond motifs is 2. The minimum absolute atomic E-state index is 0.242. The zero-order valence-electron chi connectivity index (χ0n) is 21.1. The molecule has 4 nitrogen and oxygen atoms in total. The zero-order chi connectivity index (χ0) is 26.2. The Hall–Kier alpha value is -3.60. The fraction of sp³-hybridized carbons (Fsp3) is 0.188. The van der Waals surface area contributed by atoms with Crippen LogP contribution in [0.3, 0.4) is 0 Å². The van der Waals surface area contributed by atoms with Gasteiger partial charge in [-0.1, -0.05) is 60.7 Å². The number of halogens is 2. The monoisotopic (exact) mass is 540 g/mol. The first-order valence-corrected chi connectivity index (χ1v) is 13.9. The molecule has 6 aromatic rings. The summed E-state index contributed by atoms with van der Waals surface area (Å²) in [6, 6.07) is 33.7. The lowest BCUT2D eigenvalue weighted by Crippen LogP contribution is -2.10. The van der Waals surface area contributed by atoms with Crippen LogP contribution in [0.4, 0.5) is 0 Å². The summed E-state index contributed by atoms with van der Waals surface area (Å²) in [7, 11) is 0. The standard InChI is InChI=1S/2C16H15ClN2/c2*17-10-8-15(13-5-2-1-3-6-13)19-12-9-14-7-4-11-18-16(14)19/h2*1-7,9,11-12,15H,8,10H2. The molecular formula is C32H30Cl2N4. The van der Waals surface area contributed by atoms with Crippen molar-refractivity contribution in [3.05, 3.63) is 133 Å². The highest BCUT2D eigenvalue weighted by atomic mass is 35.5. The van der Waals surface area contributed by atoms with Crippen LogP contribution in [0, 0.1) is 0 Å². The van der Waals surface area contributed by atoms with Gasteiger partial charge in [-0.25, -0.2) is 9.97 Å². The van der Waals surface area contributed by atoms with Crippen molar-refractivity contribution in [1.29, 1.82) is 0 Å². The molecule has 0 saturated heterocycles. The predicted molar refractivity (Wildman–Crippen MR) is 159 cm³/mol. The van der Waals surface area contributed by atoms with Crippen LogP contribution in [0.2, 0.25) is 0 Å². The summed E-state index contributed by atoms with van der Waals surface area (Å²) >= 11 is 12.0. The van der Waals surface area contributed by atoms with Crippen LogP contribution in [0.5, 0.6) is 0 Å². The molecule has 0 amide bonds. The molecule has 6 rings (SSSR count). The van der Waals surface area contributed by atoms with Crippen molar-refractivity contribution < 1.29 is 0 Å². The van der Waals surface area contributed by atoms with Gasteiger partial charge in [0.15, 0.2) is 0 Å². The molecule has 0 aliphatic heterocycles. The lowest BCUT2D eigenvalue weighted by Gasteiger charge is -2.19. The van der Waals surface area contributed by atoms with E-state index in [2.05, 4.69) is 104 Å². The summed E-state index contributed by atoms with van der Waals surface area (Å²) in [6.45, 7) is 0. The molecule has 0 fully saturated rings. The Morgan fingerprint density at radius 1 is 0.526 bits per heavy atom. The first kappa shape index (κ1) is 26.0. The van der Waals surface area contributed by atoms with Crippen LogP contribution < -0.4 is 0 Å². The van der Waals surface area contributed by atoms with E-state index >= 15 is 0 Å². The smallest absolute Gasteiger partial charge is 0.140 e. The average Bonchev–Trinajstić information content (AvgIpc) is 3.61. The van der Waals surface area contributed by atoms with Crippen molar-refractivity contribution in [2.75, 3.05) is 11.8 Å². The van der Waals surface area contributed by atoms with Gasteiger partial charge in [0, 0.05) is 47.3 Å². The summed E-state index contributed by atoms with van der Waals surface area (Å²) in [6.07, 6.45) is 9.66. The van der Waals surface area contributed by atoms with Crippen molar-refractivity contribution in [3.63, 3.8) is 0 Å². The van der Waals surface area contributed by atoms with Crippen molar-refractivity contribution in [3.8, 4) is 0 Å². The molecule has 2 aromatic carbocycles. The van der Waals surface area contributed by atoms with Crippen molar-refractivity contribution in [2.24, 2.45) is 0 Å². The zero-order valence-corrected chi connectivity index (χ0v) is 22.6. The highest BCUT2D eigenvalue weighted by molar-refractivity contribution is 6.18. The molecule has 0 bridgehead atoms. The largest absolute Gasteiger partial charge is 0.325 e. The SMILES string of the molecule is ClCCC(c1ccccc1)n1ccc2cccnc21.ClCCC(c1ccccc1)n1ccc2cccnc21. The van der Waals surface area contributed by atoms with Crippen molar-refractivity contribution >= 4 is 45.3 Å². The van der Waals surface area contributed by atoms with E-state index in [0.29, 0.717) is 11.8 Å². The molecular weight excluding hydrogens is 511 g/mol. The molecule has 0 saturated carbocycles. The molecule has 0 N–H and O–H groups in total. The quantitative estimate of drug-likeness (QED) is 0.181. The lowest BCUT2D eigenvalue weighted by molar-refractivity contribution is 0.584. The maximum atomic E-state index is 5.98. The van der Waals surface area contributed by atoms with Crippen LogP contribution in [-0.4, -0.2) is 30.9 Å². The van der Waals surface area contributed by atoms with Gasteiger partial charge in [0.2, 0.25) is 0 Å². The lowest BCUT2D eigenvalue weighted by atomic mass is 10.0. The van der Waals surface area contributed by atoms with Gasteiger partial charge in [0.05, 0.1) is 12.1 Å². The minimum atomic E-state index is 0.242. The van der Waals surface area contributed by atoms with Crippen LogP contribution in [0.1, 0.15) is 36.1 Å². The van der Waals surface area contributed by atoms with Crippen LogP contribution in [0.15, 0.2) is 122 Å². The van der Waals surface area contributed by atoms with Gasteiger partial charge >= 0.3 is 0 Å². The number of hydrogen-bond donors (Lipinski definition) is 0. The fourth-order valence-corrected chi connectivity index (χ4v) is 5.38. The number of alkyl halides is 2. The molecule has 2 unspecified atom stereocenters. The van der Waals surface area contributed by atoms with E-state index in [4.69, 9.17) is 23.2 Å². The number of rotatable bonds is 8. The van der Waals surface area contributed by atoms with E-state index in [-0.39, 0.29) is 12.1 Å². The first-order valence-electron chi connectivity index (χ1n) is 12.8. The van der Waals surface area contributed by atoms with Gasteiger partial charge in [0.1, 0.15) is 11.3 Å². The maximum Gasteiger partial charge on any atom is 0.140 e. The van der Waals surface area contributed by atoms with Gasteiger partial charge < -0.3 is 9.13 Å². The molecule has 0 aliphatic carbocycles. The van der Waals surface area contributed by atoms with E-state index in [9.17, 15) is 0 Å². The Morgan fingerprint density at radius 2 is 0.947 bits per heavy atom.